The first kappa shape index (κ1) is 17.9. The normalized spacial score (nSPS) is 11.4. The number of alkyl halides is 3. The second kappa shape index (κ2) is 6.80. The van der Waals surface area contributed by atoms with Gasteiger partial charge in [0.2, 0.25) is 0 Å². The molecule has 0 aliphatic rings. The Hall–Kier alpha value is -2.87. The molecule has 0 fully saturated rings. The van der Waals surface area contributed by atoms with Crippen molar-refractivity contribution in [2.24, 2.45) is 0 Å². The van der Waals surface area contributed by atoms with E-state index in [0.717, 1.165) is 6.07 Å². The SMILES string of the molecule is Cc1c(C(=O)Oc2ccc(Cl)cc2)cnn1-c1ccc(C(F)(F)F)cn1. The van der Waals surface area contributed by atoms with E-state index in [4.69, 9.17) is 16.3 Å². The predicted octanol–water partition coefficient (Wildman–Crippen LogP) is 4.47. The maximum atomic E-state index is 12.6. The minimum absolute atomic E-state index is 0.154. The lowest BCUT2D eigenvalue weighted by molar-refractivity contribution is -0.137. The number of rotatable bonds is 3. The fraction of sp³-hybridized carbons (Fsp3) is 0.118. The molecular formula is C17H11ClF3N3O2. The molecule has 0 radical (unpaired) electrons. The van der Waals surface area contributed by atoms with Crippen molar-refractivity contribution in [3.63, 3.8) is 0 Å². The molecule has 26 heavy (non-hydrogen) atoms. The molecule has 0 unspecified atom stereocenters. The molecule has 0 saturated heterocycles. The average molecular weight is 382 g/mol. The molecule has 0 bridgehead atoms. The standard InChI is InChI=1S/C17H11ClF3N3O2/c1-10-14(16(25)26-13-5-3-12(18)4-6-13)9-23-24(10)15-7-2-11(8-22-15)17(19,20)21/h2-9H,1H3. The Bertz CT molecular complexity index is 935. The van der Waals surface area contributed by atoms with Crippen LogP contribution < -0.4 is 4.74 Å². The molecule has 1 aromatic carbocycles. The summed E-state index contributed by atoms with van der Waals surface area (Å²) in [5.74, 6) is -0.191. The Kier molecular flexibility index (Phi) is 4.69. The van der Waals surface area contributed by atoms with Crippen LogP contribution in [0.25, 0.3) is 5.82 Å². The molecule has 0 amide bonds. The van der Waals surface area contributed by atoms with Gasteiger partial charge in [-0.25, -0.2) is 14.5 Å². The van der Waals surface area contributed by atoms with Crippen molar-refractivity contribution in [3.05, 3.63) is 70.6 Å². The Morgan fingerprint density at radius 2 is 1.81 bits per heavy atom. The summed E-state index contributed by atoms with van der Waals surface area (Å²) in [6.07, 6.45) is -2.49. The van der Waals surface area contributed by atoms with Gasteiger partial charge in [0.25, 0.3) is 0 Å². The van der Waals surface area contributed by atoms with Gasteiger partial charge in [-0.3, -0.25) is 0 Å². The zero-order valence-electron chi connectivity index (χ0n) is 13.3. The van der Waals surface area contributed by atoms with Crippen molar-refractivity contribution in [2.75, 3.05) is 0 Å². The van der Waals surface area contributed by atoms with Crippen LogP contribution in [0.4, 0.5) is 13.2 Å². The summed E-state index contributed by atoms with van der Waals surface area (Å²) in [7, 11) is 0. The highest BCUT2D eigenvalue weighted by atomic mass is 35.5. The number of carbonyl (C=O) groups excluding carboxylic acids is 1. The first-order valence-corrected chi connectivity index (χ1v) is 7.69. The second-order valence-electron chi connectivity index (χ2n) is 5.30. The van der Waals surface area contributed by atoms with Gasteiger partial charge in [0.1, 0.15) is 11.3 Å². The Labute approximate surface area is 151 Å². The highest BCUT2D eigenvalue weighted by Crippen LogP contribution is 2.29. The number of benzene rings is 1. The van der Waals surface area contributed by atoms with Crippen LogP contribution >= 0.6 is 11.6 Å². The summed E-state index contributed by atoms with van der Waals surface area (Å²) in [5.41, 5.74) is -0.314. The number of hydrogen-bond acceptors (Lipinski definition) is 4. The zero-order valence-corrected chi connectivity index (χ0v) is 14.0. The van der Waals surface area contributed by atoms with Crippen LogP contribution in [0.15, 0.2) is 48.8 Å². The van der Waals surface area contributed by atoms with E-state index in [9.17, 15) is 18.0 Å². The van der Waals surface area contributed by atoms with E-state index in [1.165, 1.54) is 29.1 Å². The van der Waals surface area contributed by atoms with Gasteiger partial charge in [-0.2, -0.15) is 18.3 Å². The van der Waals surface area contributed by atoms with Crippen molar-refractivity contribution in [1.29, 1.82) is 0 Å². The van der Waals surface area contributed by atoms with Crippen molar-refractivity contribution in [2.45, 2.75) is 13.1 Å². The number of halogens is 4. The van der Waals surface area contributed by atoms with Gasteiger partial charge in [0, 0.05) is 11.2 Å². The Morgan fingerprint density at radius 1 is 1.12 bits per heavy atom. The lowest BCUT2D eigenvalue weighted by Crippen LogP contribution is -2.11. The summed E-state index contributed by atoms with van der Waals surface area (Å²) in [5, 5.41) is 4.51. The lowest BCUT2D eigenvalue weighted by Gasteiger charge is -2.08. The van der Waals surface area contributed by atoms with E-state index < -0.39 is 17.7 Å². The maximum absolute atomic E-state index is 12.6. The van der Waals surface area contributed by atoms with Crippen LogP contribution in [-0.2, 0) is 6.18 Å². The number of hydrogen-bond donors (Lipinski definition) is 0. The summed E-state index contributed by atoms with van der Waals surface area (Å²) in [6.45, 7) is 1.59. The van der Waals surface area contributed by atoms with E-state index in [1.54, 1.807) is 19.1 Å². The van der Waals surface area contributed by atoms with Crippen LogP contribution in [0.3, 0.4) is 0 Å². The molecule has 2 heterocycles. The van der Waals surface area contributed by atoms with Gasteiger partial charge in [-0.05, 0) is 43.3 Å². The molecule has 0 atom stereocenters. The quantitative estimate of drug-likeness (QED) is 0.496. The van der Waals surface area contributed by atoms with Crippen molar-refractivity contribution in [1.82, 2.24) is 14.8 Å². The minimum atomic E-state index is -4.47. The minimum Gasteiger partial charge on any atom is -0.423 e. The molecule has 3 aromatic rings. The monoisotopic (exact) mass is 381 g/mol. The molecular weight excluding hydrogens is 371 g/mol. The predicted molar refractivity (Wildman–Crippen MR) is 87.5 cm³/mol. The fourth-order valence-electron chi connectivity index (χ4n) is 2.18. The highest BCUT2D eigenvalue weighted by Gasteiger charge is 2.30. The van der Waals surface area contributed by atoms with Crippen LogP contribution in [0.2, 0.25) is 5.02 Å². The molecule has 0 aliphatic heterocycles. The topological polar surface area (TPSA) is 57.0 Å². The van der Waals surface area contributed by atoms with E-state index >= 15 is 0 Å². The van der Waals surface area contributed by atoms with E-state index in [1.807, 2.05) is 0 Å². The van der Waals surface area contributed by atoms with Crippen LogP contribution in [0.5, 0.6) is 5.75 Å². The van der Waals surface area contributed by atoms with Gasteiger partial charge >= 0.3 is 12.1 Å². The van der Waals surface area contributed by atoms with Crippen molar-refractivity contribution < 1.29 is 22.7 Å². The molecule has 134 valence electrons. The second-order valence-corrected chi connectivity index (χ2v) is 5.74. The molecule has 0 N–H and O–H groups in total. The third-order valence-corrected chi connectivity index (χ3v) is 3.80. The average Bonchev–Trinajstić information content (AvgIpc) is 2.98. The number of pyridine rings is 1. The Morgan fingerprint density at radius 3 is 2.38 bits per heavy atom. The third kappa shape index (κ3) is 3.70. The number of nitrogens with zero attached hydrogens (tertiary/aromatic N) is 3. The number of carbonyl (C=O) groups is 1. The molecule has 0 spiro atoms. The molecule has 2 aromatic heterocycles. The van der Waals surface area contributed by atoms with E-state index in [2.05, 4.69) is 10.1 Å². The van der Waals surface area contributed by atoms with Crippen LogP contribution in [0, 0.1) is 6.92 Å². The van der Waals surface area contributed by atoms with Gasteiger partial charge < -0.3 is 4.74 Å². The molecule has 3 rings (SSSR count). The largest absolute Gasteiger partial charge is 0.423 e. The lowest BCUT2D eigenvalue weighted by atomic mass is 10.2. The van der Waals surface area contributed by atoms with Crippen molar-refractivity contribution in [3.8, 4) is 11.6 Å². The molecule has 0 aliphatic carbocycles. The zero-order chi connectivity index (χ0) is 18.9. The first-order valence-electron chi connectivity index (χ1n) is 7.31. The number of aromatic nitrogens is 3. The fourth-order valence-corrected chi connectivity index (χ4v) is 2.31. The van der Waals surface area contributed by atoms with E-state index in [0.29, 0.717) is 22.7 Å². The molecule has 0 saturated carbocycles. The smallest absolute Gasteiger partial charge is 0.417 e. The summed E-state index contributed by atoms with van der Waals surface area (Å²) in [6, 6.07) is 8.31. The molecule has 9 heteroatoms. The Balaban J connectivity index is 1.83. The van der Waals surface area contributed by atoms with Gasteiger partial charge in [0.15, 0.2) is 5.82 Å². The molecule has 5 nitrogen and oxygen atoms in total. The van der Waals surface area contributed by atoms with Crippen LogP contribution in [0.1, 0.15) is 21.6 Å². The maximum Gasteiger partial charge on any atom is 0.417 e. The van der Waals surface area contributed by atoms with E-state index in [-0.39, 0.29) is 11.4 Å². The third-order valence-electron chi connectivity index (χ3n) is 3.55. The van der Waals surface area contributed by atoms with Gasteiger partial charge in [-0.15, -0.1) is 0 Å². The summed E-state index contributed by atoms with van der Waals surface area (Å²) >= 11 is 5.77. The van der Waals surface area contributed by atoms with Gasteiger partial charge in [0.05, 0.1) is 17.5 Å². The summed E-state index contributed by atoms with van der Waals surface area (Å²) in [4.78, 5) is 16.0. The van der Waals surface area contributed by atoms with Crippen LogP contribution in [-0.4, -0.2) is 20.7 Å². The first-order chi connectivity index (χ1) is 12.3. The van der Waals surface area contributed by atoms with Crippen molar-refractivity contribution >= 4 is 17.6 Å². The highest BCUT2D eigenvalue weighted by molar-refractivity contribution is 6.30. The number of esters is 1. The number of ether oxygens (including phenoxy) is 1. The summed E-state index contributed by atoms with van der Waals surface area (Å²) < 4.78 is 44.3. The van der Waals surface area contributed by atoms with Gasteiger partial charge in [-0.1, -0.05) is 11.6 Å².